The molecule has 0 heterocycles. The third-order valence-corrected chi connectivity index (χ3v) is 2.63. The molecule has 0 aliphatic rings. The highest BCUT2D eigenvalue weighted by molar-refractivity contribution is 6.33. The zero-order valence-corrected chi connectivity index (χ0v) is 9.80. The predicted molar refractivity (Wildman–Crippen MR) is 61.9 cm³/mol. The molecule has 2 N–H and O–H groups in total. The van der Waals surface area contributed by atoms with E-state index < -0.39 is 0 Å². The third-order valence-electron chi connectivity index (χ3n) is 2.22. The second kappa shape index (κ2) is 5.83. The Kier molecular flexibility index (Phi) is 4.72. The van der Waals surface area contributed by atoms with Gasteiger partial charge in [-0.3, -0.25) is 0 Å². The Hall–Kier alpha value is -0.930. The number of benzene rings is 1. The van der Waals surface area contributed by atoms with Gasteiger partial charge in [0.05, 0.1) is 19.2 Å². The molecule has 0 aromatic heterocycles. The molecule has 0 aliphatic carbocycles. The Morgan fingerprint density at radius 2 is 2.00 bits per heavy atom. The van der Waals surface area contributed by atoms with Crippen LogP contribution < -0.4 is 15.2 Å². The van der Waals surface area contributed by atoms with Gasteiger partial charge in [-0.25, -0.2) is 0 Å². The zero-order valence-electron chi connectivity index (χ0n) is 9.05. The van der Waals surface area contributed by atoms with Gasteiger partial charge in [0.25, 0.3) is 0 Å². The van der Waals surface area contributed by atoms with Crippen LogP contribution in [-0.4, -0.2) is 20.8 Å². The monoisotopic (exact) mass is 229 g/mol. The summed E-state index contributed by atoms with van der Waals surface area (Å²) in [4.78, 5) is 0. The second-order valence-corrected chi connectivity index (χ2v) is 3.54. The molecule has 3 nitrogen and oxygen atoms in total. The highest BCUT2D eigenvalue weighted by Crippen LogP contribution is 2.37. The van der Waals surface area contributed by atoms with Crippen LogP contribution in [0.15, 0.2) is 12.1 Å². The van der Waals surface area contributed by atoms with Gasteiger partial charge in [0.1, 0.15) is 0 Å². The average molecular weight is 230 g/mol. The summed E-state index contributed by atoms with van der Waals surface area (Å²) in [6, 6.07) is 3.80. The van der Waals surface area contributed by atoms with Crippen molar-refractivity contribution in [2.75, 3.05) is 20.8 Å². The van der Waals surface area contributed by atoms with Crippen LogP contribution in [0.25, 0.3) is 0 Å². The van der Waals surface area contributed by atoms with E-state index in [-0.39, 0.29) is 0 Å². The van der Waals surface area contributed by atoms with Crippen molar-refractivity contribution in [3.63, 3.8) is 0 Å². The van der Waals surface area contributed by atoms with Crippen molar-refractivity contribution in [2.24, 2.45) is 5.73 Å². The highest BCUT2D eigenvalue weighted by atomic mass is 35.5. The fourth-order valence-electron chi connectivity index (χ4n) is 1.42. The molecule has 0 amide bonds. The first kappa shape index (κ1) is 12.1. The number of nitrogens with two attached hydrogens (primary N) is 1. The van der Waals surface area contributed by atoms with E-state index in [4.69, 9.17) is 26.8 Å². The summed E-state index contributed by atoms with van der Waals surface area (Å²) in [6.45, 7) is 0.657. The third kappa shape index (κ3) is 2.76. The van der Waals surface area contributed by atoms with E-state index >= 15 is 0 Å². The van der Waals surface area contributed by atoms with Crippen LogP contribution in [0.2, 0.25) is 5.02 Å². The summed E-state index contributed by atoms with van der Waals surface area (Å²) >= 11 is 6.18. The second-order valence-electron chi connectivity index (χ2n) is 3.17. The number of hydrogen-bond donors (Lipinski definition) is 1. The smallest absolute Gasteiger partial charge is 0.179 e. The van der Waals surface area contributed by atoms with Crippen LogP contribution in [-0.2, 0) is 6.42 Å². The van der Waals surface area contributed by atoms with Crippen molar-refractivity contribution in [1.82, 2.24) is 0 Å². The Labute approximate surface area is 95.1 Å². The lowest BCUT2D eigenvalue weighted by Crippen LogP contribution is -2.01. The molecule has 84 valence electrons. The molecule has 1 aromatic carbocycles. The molecule has 0 bridgehead atoms. The minimum absolute atomic E-state index is 0.591. The highest BCUT2D eigenvalue weighted by Gasteiger charge is 2.12. The lowest BCUT2D eigenvalue weighted by atomic mass is 10.1. The molecule has 0 radical (unpaired) electrons. The van der Waals surface area contributed by atoms with Gasteiger partial charge in [-0.2, -0.15) is 0 Å². The molecular formula is C11H16ClNO2. The summed E-state index contributed by atoms with van der Waals surface area (Å²) in [6.07, 6.45) is 1.77. The van der Waals surface area contributed by atoms with Crippen molar-refractivity contribution in [3.8, 4) is 11.5 Å². The molecule has 0 atom stereocenters. The first-order valence-corrected chi connectivity index (χ1v) is 5.21. The standard InChI is InChI=1S/C11H16ClNO2/c1-14-9-6-5-8(4-3-7-13)10(12)11(9)15-2/h5-6H,3-4,7,13H2,1-2H3. The molecule has 15 heavy (non-hydrogen) atoms. The minimum Gasteiger partial charge on any atom is -0.493 e. The van der Waals surface area contributed by atoms with Gasteiger partial charge in [-0.05, 0) is 31.0 Å². The van der Waals surface area contributed by atoms with E-state index in [1.807, 2.05) is 12.1 Å². The molecule has 1 rings (SSSR count). The zero-order chi connectivity index (χ0) is 11.3. The fraction of sp³-hybridized carbons (Fsp3) is 0.455. The first-order chi connectivity index (χ1) is 7.24. The summed E-state index contributed by atoms with van der Waals surface area (Å²) in [5.74, 6) is 1.24. The van der Waals surface area contributed by atoms with Crippen molar-refractivity contribution in [3.05, 3.63) is 22.7 Å². The summed E-state index contributed by atoms with van der Waals surface area (Å²) in [5.41, 5.74) is 6.50. The summed E-state index contributed by atoms with van der Waals surface area (Å²) < 4.78 is 10.3. The molecule has 0 saturated carbocycles. The van der Waals surface area contributed by atoms with Crippen LogP contribution >= 0.6 is 11.6 Å². The maximum absolute atomic E-state index is 6.18. The quantitative estimate of drug-likeness (QED) is 0.842. The number of methoxy groups -OCH3 is 2. The fourth-order valence-corrected chi connectivity index (χ4v) is 1.74. The minimum atomic E-state index is 0.591. The molecule has 0 unspecified atom stereocenters. The normalized spacial score (nSPS) is 10.1. The number of rotatable bonds is 5. The van der Waals surface area contributed by atoms with Crippen molar-refractivity contribution < 1.29 is 9.47 Å². The van der Waals surface area contributed by atoms with Crippen LogP contribution in [0.1, 0.15) is 12.0 Å². The van der Waals surface area contributed by atoms with Gasteiger partial charge in [-0.1, -0.05) is 17.7 Å². The van der Waals surface area contributed by atoms with E-state index in [9.17, 15) is 0 Å². The first-order valence-electron chi connectivity index (χ1n) is 4.84. The van der Waals surface area contributed by atoms with Crippen molar-refractivity contribution >= 4 is 11.6 Å². The maximum atomic E-state index is 6.18. The van der Waals surface area contributed by atoms with E-state index in [0.29, 0.717) is 23.1 Å². The molecule has 0 spiro atoms. The van der Waals surface area contributed by atoms with Crippen molar-refractivity contribution in [1.29, 1.82) is 0 Å². The number of aryl methyl sites for hydroxylation is 1. The van der Waals surface area contributed by atoms with Gasteiger partial charge in [0.2, 0.25) is 0 Å². The van der Waals surface area contributed by atoms with Crippen molar-refractivity contribution in [2.45, 2.75) is 12.8 Å². The lowest BCUT2D eigenvalue weighted by molar-refractivity contribution is 0.354. The Morgan fingerprint density at radius 3 is 2.53 bits per heavy atom. The van der Waals surface area contributed by atoms with E-state index in [1.54, 1.807) is 14.2 Å². The molecule has 4 heteroatoms. The Bertz CT molecular complexity index is 329. The molecule has 0 aliphatic heterocycles. The number of ether oxygens (including phenoxy) is 2. The molecule has 1 aromatic rings. The van der Waals surface area contributed by atoms with Gasteiger partial charge in [0.15, 0.2) is 11.5 Å². The average Bonchev–Trinajstić information content (AvgIpc) is 2.27. The van der Waals surface area contributed by atoms with E-state index in [2.05, 4.69) is 0 Å². The topological polar surface area (TPSA) is 44.5 Å². The van der Waals surface area contributed by atoms with Gasteiger partial charge >= 0.3 is 0 Å². The number of halogens is 1. The number of hydrogen-bond acceptors (Lipinski definition) is 3. The van der Waals surface area contributed by atoms with Crippen LogP contribution in [0.4, 0.5) is 0 Å². The van der Waals surface area contributed by atoms with Crippen LogP contribution in [0, 0.1) is 0 Å². The summed E-state index contributed by atoms with van der Waals surface area (Å²) in [7, 11) is 3.17. The molecule has 0 saturated heterocycles. The van der Waals surface area contributed by atoms with E-state index in [1.165, 1.54) is 0 Å². The maximum Gasteiger partial charge on any atom is 0.179 e. The summed E-state index contributed by atoms with van der Waals surface area (Å²) in [5, 5.41) is 0.616. The Balaban J connectivity index is 3.00. The van der Waals surface area contributed by atoms with Gasteiger partial charge in [0, 0.05) is 0 Å². The van der Waals surface area contributed by atoms with Gasteiger partial charge < -0.3 is 15.2 Å². The van der Waals surface area contributed by atoms with Gasteiger partial charge in [-0.15, -0.1) is 0 Å². The lowest BCUT2D eigenvalue weighted by Gasteiger charge is -2.12. The predicted octanol–water partition coefficient (Wildman–Crippen LogP) is 2.25. The SMILES string of the molecule is COc1ccc(CCCN)c(Cl)c1OC. The van der Waals surface area contributed by atoms with E-state index in [0.717, 1.165) is 18.4 Å². The largest absolute Gasteiger partial charge is 0.493 e. The molecule has 0 fully saturated rings. The van der Waals surface area contributed by atoms with Crippen LogP contribution in [0.5, 0.6) is 11.5 Å². The van der Waals surface area contributed by atoms with Crippen LogP contribution in [0.3, 0.4) is 0 Å². The molecular weight excluding hydrogens is 214 g/mol. The Morgan fingerprint density at radius 1 is 1.27 bits per heavy atom.